The van der Waals surface area contributed by atoms with Gasteiger partial charge in [0.2, 0.25) is 0 Å². The van der Waals surface area contributed by atoms with Gasteiger partial charge in [-0.25, -0.2) is 4.79 Å². The zero-order valence-corrected chi connectivity index (χ0v) is 11.7. The SMILES string of the molecule is COc1ccccc1CN(C)C(=O)NC1CCCC1. The number of benzene rings is 1. The number of hydrogen-bond donors (Lipinski definition) is 1. The van der Waals surface area contributed by atoms with Gasteiger partial charge >= 0.3 is 6.03 Å². The van der Waals surface area contributed by atoms with E-state index in [1.54, 1.807) is 12.0 Å². The lowest BCUT2D eigenvalue weighted by molar-refractivity contribution is 0.202. The van der Waals surface area contributed by atoms with Gasteiger partial charge in [-0.2, -0.15) is 0 Å². The van der Waals surface area contributed by atoms with E-state index in [0.717, 1.165) is 24.2 Å². The summed E-state index contributed by atoms with van der Waals surface area (Å²) in [5, 5.41) is 3.08. The van der Waals surface area contributed by atoms with E-state index in [0.29, 0.717) is 12.6 Å². The van der Waals surface area contributed by atoms with Crippen LogP contribution in [-0.4, -0.2) is 31.1 Å². The Hall–Kier alpha value is -1.71. The van der Waals surface area contributed by atoms with Crippen LogP contribution in [0.1, 0.15) is 31.2 Å². The fraction of sp³-hybridized carbons (Fsp3) is 0.533. The van der Waals surface area contributed by atoms with Crippen molar-refractivity contribution >= 4 is 6.03 Å². The molecule has 0 aliphatic heterocycles. The van der Waals surface area contributed by atoms with Crippen molar-refractivity contribution in [3.8, 4) is 5.75 Å². The number of carbonyl (C=O) groups excluding carboxylic acids is 1. The smallest absolute Gasteiger partial charge is 0.317 e. The molecule has 0 atom stereocenters. The van der Waals surface area contributed by atoms with Crippen molar-refractivity contribution in [2.75, 3.05) is 14.2 Å². The Kier molecular flexibility index (Phi) is 4.66. The lowest BCUT2D eigenvalue weighted by Gasteiger charge is -2.21. The van der Waals surface area contributed by atoms with Crippen LogP contribution in [-0.2, 0) is 6.54 Å². The van der Waals surface area contributed by atoms with Gasteiger partial charge in [0.25, 0.3) is 0 Å². The lowest BCUT2D eigenvalue weighted by atomic mass is 10.2. The van der Waals surface area contributed by atoms with E-state index in [1.165, 1.54) is 12.8 Å². The fourth-order valence-electron chi connectivity index (χ4n) is 2.52. The molecule has 1 aromatic carbocycles. The van der Waals surface area contributed by atoms with Crippen LogP contribution in [0.15, 0.2) is 24.3 Å². The van der Waals surface area contributed by atoms with E-state index in [4.69, 9.17) is 4.74 Å². The maximum atomic E-state index is 12.1. The number of hydrogen-bond acceptors (Lipinski definition) is 2. The minimum Gasteiger partial charge on any atom is -0.496 e. The predicted octanol–water partition coefficient (Wildman–Crippen LogP) is 2.78. The van der Waals surface area contributed by atoms with Crippen LogP contribution in [0.25, 0.3) is 0 Å². The zero-order valence-electron chi connectivity index (χ0n) is 11.7. The van der Waals surface area contributed by atoms with Crippen LogP contribution in [0, 0.1) is 0 Å². The molecule has 0 bridgehead atoms. The number of nitrogens with zero attached hydrogens (tertiary/aromatic N) is 1. The summed E-state index contributed by atoms with van der Waals surface area (Å²) in [5.41, 5.74) is 1.02. The normalized spacial score (nSPS) is 15.3. The third-order valence-electron chi connectivity index (χ3n) is 3.63. The number of ether oxygens (including phenoxy) is 1. The summed E-state index contributed by atoms with van der Waals surface area (Å²) in [4.78, 5) is 13.8. The van der Waals surface area contributed by atoms with Crippen LogP contribution in [0.4, 0.5) is 4.79 Å². The van der Waals surface area contributed by atoms with Crippen molar-refractivity contribution in [1.29, 1.82) is 0 Å². The summed E-state index contributed by atoms with van der Waals surface area (Å²) in [6.45, 7) is 0.558. The molecule has 0 heterocycles. The fourth-order valence-corrected chi connectivity index (χ4v) is 2.52. The molecule has 0 unspecified atom stereocenters. The molecule has 2 rings (SSSR count). The average Bonchev–Trinajstić information content (AvgIpc) is 2.92. The Morgan fingerprint density at radius 3 is 2.74 bits per heavy atom. The molecule has 1 aliphatic rings. The van der Waals surface area contributed by atoms with Gasteiger partial charge in [-0.3, -0.25) is 0 Å². The topological polar surface area (TPSA) is 41.6 Å². The predicted molar refractivity (Wildman–Crippen MR) is 75.2 cm³/mol. The molecule has 4 nitrogen and oxygen atoms in total. The lowest BCUT2D eigenvalue weighted by Crippen LogP contribution is -2.41. The van der Waals surface area contributed by atoms with Crippen LogP contribution >= 0.6 is 0 Å². The first-order valence-corrected chi connectivity index (χ1v) is 6.84. The monoisotopic (exact) mass is 262 g/mol. The highest BCUT2D eigenvalue weighted by Crippen LogP contribution is 2.20. The van der Waals surface area contributed by atoms with Gasteiger partial charge in [0.15, 0.2) is 0 Å². The van der Waals surface area contributed by atoms with Gasteiger partial charge in [-0.05, 0) is 18.9 Å². The molecular formula is C15H22N2O2. The molecule has 1 saturated carbocycles. The molecule has 19 heavy (non-hydrogen) atoms. The molecule has 2 amide bonds. The van der Waals surface area contributed by atoms with Gasteiger partial charge in [0.05, 0.1) is 13.7 Å². The molecule has 1 aromatic rings. The van der Waals surface area contributed by atoms with Crippen LogP contribution in [0.3, 0.4) is 0 Å². The minimum absolute atomic E-state index is 0.00203. The van der Waals surface area contributed by atoms with Crippen molar-refractivity contribution in [2.24, 2.45) is 0 Å². The van der Waals surface area contributed by atoms with Crippen LogP contribution < -0.4 is 10.1 Å². The van der Waals surface area contributed by atoms with Gasteiger partial charge in [-0.1, -0.05) is 31.0 Å². The molecule has 4 heteroatoms. The summed E-state index contributed by atoms with van der Waals surface area (Å²) < 4.78 is 5.30. The van der Waals surface area contributed by atoms with E-state index in [1.807, 2.05) is 31.3 Å². The Bertz CT molecular complexity index is 428. The van der Waals surface area contributed by atoms with Crippen LogP contribution in [0.2, 0.25) is 0 Å². The number of urea groups is 1. The summed E-state index contributed by atoms with van der Waals surface area (Å²) in [5.74, 6) is 0.822. The zero-order chi connectivity index (χ0) is 13.7. The second-order valence-corrected chi connectivity index (χ2v) is 5.10. The number of amides is 2. The minimum atomic E-state index is -0.00203. The summed E-state index contributed by atoms with van der Waals surface area (Å²) in [6.07, 6.45) is 4.66. The third-order valence-corrected chi connectivity index (χ3v) is 3.63. The first-order valence-electron chi connectivity index (χ1n) is 6.84. The van der Waals surface area contributed by atoms with E-state index >= 15 is 0 Å². The Balaban J connectivity index is 1.92. The molecule has 1 fully saturated rings. The van der Waals surface area contributed by atoms with E-state index in [2.05, 4.69) is 5.32 Å². The highest BCUT2D eigenvalue weighted by atomic mass is 16.5. The van der Waals surface area contributed by atoms with Gasteiger partial charge in [-0.15, -0.1) is 0 Å². The van der Waals surface area contributed by atoms with Gasteiger partial charge in [0.1, 0.15) is 5.75 Å². The van der Waals surface area contributed by atoms with E-state index in [-0.39, 0.29) is 6.03 Å². The van der Waals surface area contributed by atoms with Crippen molar-refractivity contribution in [3.63, 3.8) is 0 Å². The first kappa shape index (κ1) is 13.7. The van der Waals surface area contributed by atoms with Crippen molar-refractivity contribution in [2.45, 2.75) is 38.3 Å². The maximum Gasteiger partial charge on any atom is 0.317 e. The second-order valence-electron chi connectivity index (χ2n) is 5.10. The molecule has 0 saturated heterocycles. The summed E-state index contributed by atoms with van der Waals surface area (Å²) in [6, 6.07) is 8.14. The first-order chi connectivity index (χ1) is 9.20. The van der Waals surface area contributed by atoms with E-state index in [9.17, 15) is 4.79 Å². The number of para-hydroxylation sites is 1. The van der Waals surface area contributed by atoms with Crippen molar-refractivity contribution in [1.82, 2.24) is 10.2 Å². The molecule has 104 valence electrons. The molecule has 1 N–H and O–H groups in total. The average molecular weight is 262 g/mol. The van der Waals surface area contributed by atoms with E-state index < -0.39 is 0 Å². The number of methoxy groups -OCH3 is 1. The van der Waals surface area contributed by atoms with Crippen molar-refractivity contribution in [3.05, 3.63) is 29.8 Å². The Labute approximate surface area is 114 Å². The second kappa shape index (κ2) is 6.45. The summed E-state index contributed by atoms with van der Waals surface area (Å²) in [7, 11) is 3.47. The van der Waals surface area contributed by atoms with Gasteiger partial charge in [0, 0.05) is 18.7 Å². The largest absolute Gasteiger partial charge is 0.496 e. The molecule has 0 radical (unpaired) electrons. The van der Waals surface area contributed by atoms with Gasteiger partial charge < -0.3 is 15.0 Å². The highest BCUT2D eigenvalue weighted by Gasteiger charge is 2.19. The highest BCUT2D eigenvalue weighted by molar-refractivity contribution is 5.74. The molecule has 1 aliphatic carbocycles. The third kappa shape index (κ3) is 3.63. The number of nitrogens with one attached hydrogen (secondary N) is 1. The summed E-state index contributed by atoms with van der Waals surface area (Å²) >= 11 is 0. The maximum absolute atomic E-state index is 12.1. The van der Waals surface area contributed by atoms with Crippen LogP contribution in [0.5, 0.6) is 5.75 Å². The Morgan fingerprint density at radius 2 is 2.05 bits per heavy atom. The molecule has 0 aromatic heterocycles. The number of carbonyl (C=O) groups is 1. The molecule has 0 spiro atoms. The number of rotatable bonds is 4. The Morgan fingerprint density at radius 1 is 1.37 bits per heavy atom. The molecular weight excluding hydrogens is 240 g/mol. The quantitative estimate of drug-likeness (QED) is 0.906. The standard InChI is InChI=1S/C15H22N2O2/c1-17(15(18)16-13-8-4-5-9-13)11-12-7-3-6-10-14(12)19-2/h3,6-7,10,13H,4-5,8-9,11H2,1-2H3,(H,16,18). The van der Waals surface area contributed by atoms with Crippen molar-refractivity contribution < 1.29 is 9.53 Å².